The second-order valence-electron chi connectivity index (χ2n) is 8.06. The van der Waals surface area contributed by atoms with Crippen LogP contribution < -0.4 is 9.80 Å². The van der Waals surface area contributed by atoms with Crippen LogP contribution in [0.5, 0.6) is 0 Å². The van der Waals surface area contributed by atoms with Gasteiger partial charge in [-0.15, -0.1) is 0 Å². The second-order valence-corrected chi connectivity index (χ2v) is 11.4. The molecule has 6 nitrogen and oxygen atoms in total. The first-order chi connectivity index (χ1) is 14.2. The minimum atomic E-state index is -3.08. The predicted octanol–water partition coefficient (Wildman–Crippen LogP) is 3.88. The molecule has 30 heavy (non-hydrogen) atoms. The van der Waals surface area contributed by atoms with E-state index < -0.39 is 9.84 Å². The average molecular weight is 452 g/mol. The summed E-state index contributed by atoms with van der Waals surface area (Å²) in [6.45, 7) is 12.2. The van der Waals surface area contributed by atoms with Crippen LogP contribution in [0, 0.1) is 12.8 Å². The van der Waals surface area contributed by atoms with Crippen LogP contribution in [0.4, 0.5) is 11.4 Å². The first-order valence-electron chi connectivity index (χ1n) is 10.9. The molecule has 1 amide bonds. The smallest absolute Gasteiger partial charge is 0.251 e. The van der Waals surface area contributed by atoms with Crippen LogP contribution in [-0.2, 0) is 14.6 Å². The number of aryl methyl sites for hydroxylation is 1. The lowest BCUT2D eigenvalue weighted by Gasteiger charge is -2.28. The predicted molar refractivity (Wildman–Crippen MR) is 128 cm³/mol. The van der Waals surface area contributed by atoms with Gasteiger partial charge in [-0.2, -0.15) is 4.99 Å². The summed E-state index contributed by atoms with van der Waals surface area (Å²) in [6, 6.07) is 6.10. The first kappa shape index (κ1) is 23.1. The summed E-state index contributed by atoms with van der Waals surface area (Å²) in [5.41, 5.74) is 3.15. The third kappa shape index (κ3) is 4.54. The molecule has 0 saturated carbocycles. The molecule has 8 heteroatoms. The summed E-state index contributed by atoms with van der Waals surface area (Å²) in [5, 5.41) is 0.570. The Morgan fingerprint density at radius 1 is 1.20 bits per heavy atom. The summed E-state index contributed by atoms with van der Waals surface area (Å²) in [7, 11) is -3.08. The Hall–Kier alpha value is -1.54. The number of rotatable bonds is 7. The largest absolute Gasteiger partial charge is 0.372 e. The number of nitrogens with zero attached hydrogens (tertiary/aromatic N) is 3. The van der Waals surface area contributed by atoms with Crippen molar-refractivity contribution in [1.29, 1.82) is 0 Å². The highest BCUT2D eigenvalue weighted by molar-refractivity contribution is 8.16. The molecule has 0 spiro atoms. The second kappa shape index (κ2) is 9.30. The Bertz CT molecular complexity index is 922. The molecule has 2 atom stereocenters. The third-order valence-electron chi connectivity index (χ3n) is 6.18. The molecule has 2 aliphatic rings. The van der Waals surface area contributed by atoms with E-state index in [0.717, 1.165) is 42.9 Å². The molecule has 0 aromatic heterocycles. The first-order valence-corrected chi connectivity index (χ1v) is 13.6. The molecule has 1 aromatic carbocycles. The van der Waals surface area contributed by atoms with E-state index >= 15 is 0 Å². The fourth-order valence-electron chi connectivity index (χ4n) is 4.37. The summed E-state index contributed by atoms with van der Waals surface area (Å²) in [6.07, 6.45) is 1.52. The van der Waals surface area contributed by atoms with E-state index in [1.54, 1.807) is 0 Å². The number of aliphatic imine (C=N–C) groups is 1. The zero-order valence-corrected chi connectivity index (χ0v) is 20.2. The molecule has 0 aliphatic carbocycles. The maximum atomic E-state index is 12.7. The normalized spacial score (nSPS) is 23.9. The van der Waals surface area contributed by atoms with Gasteiger partial charge in [-0.25, -0.2) is 8.42 Å². The van der Waals surface area contributed by atoms with Gasteiger partial charge in [0.2, 0.25) is 0 Å². The van der Waals surface area contributed by atoms with Crippen molar-refractivity contribution in [1.82, 2.24) is 0 Å². The summed E-state index contributed by atoms with van der Waals surface area (Å²) in [5.74, 6) is 0.0660. The average Bonchev–Trinajstić information content (AvgIpc) is 3.15. The molecule has 2 aliphatic heterocycles. The van der Waals surface area contributed by atoms with E-state index in [-0.39, 0.29) is 34.6 Å². The van der Waals surface area contributed by atoms with Gasteiger partial charge in [0.15, 0.2) is 15.0 Å². The van der Waals surface area contributed by atoms with E-state index in [1.807, 2.05) is 31.7 Å². The van der Waals surface area contributed by atoms with E-state index in [2.05, 4.69) is 35.9 Å². The van der Waals surface area contributed by atoms with E-state index in [0.29, 0.717) is 5.17 Å². The van der Waals surface area contributed by atoms with Gasteiger partial charge in [-0.3, -0.25) is 4.79 Å². The number of hydrogen-bond acceptors (Lipinski definition) is 5. The van der Waals surface area contributed by atoms with Crippen molar-refractivity contribution >= 4 is 44.0 Å². The minimum absolute atomic E-state index is 0.0786. The maximum Gasteiger partial charge on any atom is 0.251 e. The summed E-state index contributed by atoms with van der Waals surface area (Å²) >= 11 is 1.45. The van der Waals surface area contributed by atoms with Crippen molar-refractivity contribution < 1.29 is 13.2 Å². The number of hydrogen-bond donors (Lipinski definition) is 0. The monoisotopic (exact) mass is 451 g/mol. The minimum Gasteiger partial charge on any atom is -0.372 e. The molecule has 1 aromatic rings. The lowest BCUT2D eigenvalue weighted by Crippen LogP contribution is -2.38. The molecule has 0 unspecified atom stereocenters. The number of carbonyl (C=O) groups excluding carboxylic acids is 1. The fraction of sp³-hybridized carbons (Fsp3) is 0.636. The number of fused-ring (bicyclic) bond motifs is 1. The highest BCUT2D eigenvalue weighted by Gasteiger charge is 2.49. The van der Waals surface area contributed by atoms with E-state index in [9.17, 15) is 13.2 Å². The van der Waals surface area contributed by atoms with Gasteiger partial charge in [0.1, 0.15) is 0 Å². The highest BCUT2D eigenvalue weighted by atomic mass is 32.2. The third-order valence-corrected chi connectivity index (χ3v) is 9.39. The summed E-state index contributed by atoms with van der Waals surface area (Å²) in [4.78, 5) is 21.5. The molecule has 2 saturated heterocycles. The number of carbonyl (C=O) groups is 1. The molecule has 0 bridgehead atoms. The molecule has 0 N–H and O–H groups in total. The quantitative estimate of drug-likeness (QED) is 0.627. The van der Waals surface area contributed by atoms with Crippen LogP contribution >= 0.6 is 11.8 Å². The Kier molecular flexibility index (Phi) is 7.17. The zero-order valence-electron chi connectivity index (χ0n) is 18.6. The van der Waals surface area contributed by atoms with Gasteiger partial charge in [-0.05, 0) is 57.4 Å². The van der Waals surface area contributed by atoms with Gasteiger partial charge in [-0.1, -0.05) is 25.6 Å². The van der Waals surface area contributed by atoms with Crippen LogP contribution in [0.2, 0.25) is 0 Å². The van der Waals surface area contributed by atoms with Gasteiger partial charge < -0.3 is 9.80 Å². The van der Waals surface area contributed by atoms with Crippen molar-refractivity contribution in [3.8, 4) is 0 Å². The molecule has 2 heterocycles. The molecular weight excluding hydrogens is 418 g/mol. The molecule has 166 valence electrons. The van der Waals surface area contributed by atoms with Crippen molar-refractivity contribution in [3.05, 3.63) is 23.8 Å². The van der Waals surface area contributed by atoms with Crippen molar-refractivity contribution in [2.24, 2.45) is 10.9 Å². The summed E-state index contributed by atoms with van der Waals surface area (Å²) < 4.78 is 24.6. The van der Waals surface area contributed by atoms with Crippen LogP contribution in [0.3, 0.4) is 0 Å². The molecule has 3 rings (SSSR count). The number of benzene rings is 1. The van der Waals surface area contributed by atoms with Gasteiger partial charge in [0.25, 0.3) is 5.91 Å². The topological polar surface area (TPSA) is 70.0 Å². The number of anilines is 2. The maximum absolute atomic E-state index is 12.7. The fourth-order valence-corrected chi connectivity index (χ4v) is 8.28. The lowest BCUT2D eigenvalue weighted by molar-refractivity contribution is -0.121. The molecular formula is C22H33N3O3S2. The van der Waals surface area contributed by atoms with E-state index in [1.165, 1.54) is 11.8 Å². The number of amides is 1. The SMILES string of the molecule is CCC(CC)C(=O)N=C1S[C@@H]2CS(=O)(=O)C[C@@H]2N1c1ccc(N(CC)CC)cc1C. The number of amidine groups is 1. The zero-order chi connectivity index (χ0) is 22.1. The number of thioether (sulfide) groups is 1. The van der Waals surface area contributed by atoms with Crippen LogP contribution in [0.1, 0.15) is 46.1 Å². The van der Waals surface area contributed by atoms with Gasteiger partial charge in [0.05, 0.1) is 17.5 Å². The van der Waals surface area contributed by atoms with Crippen molar-refractivity contribution in [3.63, 3.8) is 0 Å². The van der Waals surface area contributed by atoms with Gasteiger partial charge in [0, 0.05) is 35.6 Å². The molecule has 2 fully saturated rings. The van der Waals surface area contributed by atoms with E-state index in [4.69, 9.17) is 0 Å². The lowest BCUT2D eigenvalue weighted by atomic mass is 10.0. The Morgan fingerprint density at radius 3 is 2.43 bits per heavy atom. The number of sulfone groups is 1. The highest BCUT2D eigenvalue weighted by Crippen LogP contribution is 2.42. The van der Waals surface area contributed by atoms with Crippen LogP contribution in [0.25, 0.3) is 0 Å². The van der Waals surface area contributed by atoms with Crippen LogP contribution in [0.15, 0.2) is 23.2 Å². The standard InChI is InChI=1S/C22H33N3O3S2/c1-6-16(7-2)21(26)23-22-25(19-13-30(27,28)14-20(19)29-22)18-11-10-17(12-15(18)5)24(8-3)9-4/h10-12,16,19-20H,6-9,13-14H2,1-5H3/t19-,20+/m0/s1. The molecule has 0 radical (unpaired) electrons. The van der Waals surface area contributed by atoms with Gasteiger partial charge >= 0.3 is 0 Å². The van der Waals surface area contributed by atoms with Crippen molar-refractivity contribution in [2.75, 3.05) is 34.4 Å². The van der Waals surface area contributed by atoms with Crippen LogP contribution in [-0.4, -0.2) is 55.4 Å². The Balaban J connectivity index is 2.01. The van der Waals surface area contributed by atoms with Crippen molar-refractivity contribution in [2.45, 2.75) is 58.8 Å². The Morgan fingerprint density at radius 2 is 1.87 bits per heavy atom. The Labute approximate surface area is 185 Å².